The van der Waals surface area contributed by atoms with E-state index in [-0.39, 0.29) is 12.3 Å². The van der Waals surface area contributed by atoms with Gasteiger partial charge in [0.15, 0.2) is 0 Å². The van der Waals surface area contributed by atoms with E-state index in [1.54, 1.807) is 45.3 Å². The summed E-state index contributed by atoms with van der Waals surface area (Å²) in [6.45, 7) is 5.75. The Balaban J connectivity index is 1.71. The van der Waals surface area contributed by atoms with Crippen molar-refractivity contribution in [2.45, 2.75) is 45.4 Å². The van der Waals surface area contributed by atoms with Crippen molar-refractivity contribution >= 4 is 17.7 Å². The van der Waals surface area contributed by atoms with E-state index in [0.29, 0.717) is 18.0 Å². The van der Waals surface area contributed by atoms with Crippen LogP contribution in [-0.4, -0.2) is 28.6 Å². The van der Waals surface area contributed by atoms with Gasteiger partial charge in [-0.2, -0.15) is 0 Å². The van der Waals surface area contributed by atoms with E-state index in [0.717, 1.165) is 11.1 Å². The molecular weight excluding hydrogens is 418 g/mol. The lowest BCUT2D eigenvalue weighted by atomic mass is 10.0. The number of amides is 2. The molecule has 0 radical (unpaired) electrons. The summed E-state index contributed by atoms with van der Waals surface area (Å²) in [5, 5.41) is 5.50. The summed E-state index contributed by atoms with van der Waals surface area (Å²) in [6.07, 6.45) is 2.77. The first kappa shape index (κ1) is 23.8. The third-order valence-corrected chi connectivity index (χ3v) is 4.54. The van der Waals surface area contributed by atoms with Gasteiger partial charge < -0.3 is 20.1 Å². The molecule has 1 unspecified atom stereocenters. The average molecular weight is 448 g/mol. The summed E-state index contributed by atoms with van der Waals surface area (Å²) in [6, 6.07) is 19.9. The van der Waals surface area contributed by atoms with Gasteiger partial charge in [0.05, 0.1) is 0 Å². The van der Waals surface area contributed by atoms with Crippen LogP contribution in [0.4, 0.5) is 10.5 Å². The van der Waals surface area contributed by atoms with Crippen LogP contribution in [0.25, 0.3) is 0 Å². The van der Waals surface area contributed by atoms with Gasteiger partial charge in [-0.05, 0) is 56.2 Å². The molecule has 0 saturated heterocycles. The Morgan fingerprint density at radius 3 is 2.33 bits per heavy atom. The van der Waals surface area contributed by atoms with E-state index in [2.05, 4.69) is 15.6 Å². The van der Waals surface area contributed by atoms with Crippen molar-refractivity contribution in [3.8, 4) is 5.75 Å². The van der Waals surface area contributed by atoms with Crippen LogP contribution in [0, 0.1) is 0 Å². The van der Waals surface area contributed by atoms with E-state index in [1.807, 2.05) is 54.6 Å². The summed E-state index contributed by atoms with van der Waals surface area (Å²) < 4.78 is 11.3. The largest absolute Gasteiger partial charge is 0.489 e. The number of ether oxygens (including phenoxy) is 2. The van der Waals surface area contributed by atoms with Crippen molar-refractivity contribution in [1.82, 2.24) is 10.3 Å². The topological polar surface area (TPSA) is 89.5 Å². The van der Waals surface area contributed by atoms with E-state index in [4.69, 9.17) is 9.47 Å². The summed E-state index contributed by atoms with van der Waals surface area (Å²) in [5.74, 6) is 0.324. The van der Waals surface area contributed by atoms with Crippen LogP contribution >= 0.6 is 0 Å². The SMILES string of the molecule is CC(C)(C)OC(=O)NC(Cc1cccc(OCc2ccccc2)c1)C(=O)Nc1ccncc1. The highest BCUT2D eigenvalue weighted by Gasteiger charge is 2.25. The van der Waals surface area contributed by atoms with E-state index >= 15 is 0 Å². The van der Waals surface area contributed by atoms with E-state index < -0.39 is 17.7 Å². The predicted octanol–water partition coefficient (Wildman–Crippen LogP) is 4.74. The third-order valence-electron chi connectivity index (χ3n) is 4.54. The maximum atomic E-state index is 13.0. The van der Waals surface area contributed by atoms with Gasteiger partial charge in [0.2, 0.25) is 5.91 Å². The van der Waals surface area contributed by atoms with Gasteiger partial charge in [0.25, 0.3) is 0 Å². The lowest BCUT2D eigenvalue weighted by Crippen LogP contribution is -2.47. The molecule has 2 aromatic carbocycles. The molecule has 0 saturated carbocycles. The smallest absolute Gasteiger partial charge is 0.408 e. The number of nitrogens with zero attached hydrogens (tertiary/aromatic N) is 1. The molecule has 1 aromatic heterocycles. The number of carbonyl (C=O) groups excluding carboxylic acids is 2. The zero-order chi connectivity index (χ0) is 23.7. The van der Waals surface area contributed by atoms with Gasteiger partial charge in [0, 0.05) is 24.5 Å². The molecule has 7 nitrogen and oxygen atoms in total. The molecule has 0 fully saturated rings. The molecule has 1 atom stereocenters. The number of nitrogens with one attached hydrogen (secondary N) is 2. The van der Waals surface area contributed by atoms with Crippen molar-refractivity contribution in [3.63, 3.8) is 0 Å². The van der Waals surface area contributed by atoms with Crippen molar-refractivity contribution in [1.29, 1.82) is 0 Å². The zero-order valence-electron chi connectivity index (χ0n) is 19.1. The van der Waals surface area contributed by atoms with Gasteiger partial charge >= 0.3 is 6.09 Å². The van der Waals surface area contributed by atoms with Gasteiger partial charge in [-0.3, -0.25) is 9.78 Å². The highest BCUT2D eigenvalue weighted by atomic mass is 16.6. The molecular formula is C26H29N3O4. The minimum Gasteiger partial charge on any atom is -0.489 e. The summed E-state index contributed by atoms with van der Waals surface area (Å²) in [5.41, 5.74) is 1.81. The summed E-state index contributed by atoms with van der Waals surface area (Å²) in [7, 11) is 0. The van der Waals surface area contributed by atoms with Crippen LogP contribution in [0.1, 0.15) is 31.9 Å². The number of carbonyl (C=O) groups is 2. The minimum absolute atomic E-state index is 0.263. The van der Waals surface area contributed by atoms with Crippen molar-refractivity contribution < 1.29 is 19.1 Å². The quantitative estimate of drug-likeness (QED) is 0.521. The first-order valence-electron chi connectivity index (χ1n) is 10.7. The number of alkyl carbamates (subject to hydrolysis) is 1. The predicted molar refractivity (Wildman–Crippen MR) is 127 cm³/mol. The molecule has 2 amide bonds. The summed E-state index contributed by atoms with van der Waals surface area (Å²) in [4.78, 5) is 29.3. The fourth-order valence-electron chi connectivity index (χ4n) is 3.06. The van der Waals surface area contributed by atoms with Gasteiger partial charge in [-0.25, -0.2) is 4.79 Å². The highest BCUT2D eigenvalue weighted by Crippen LogP contribution is 2.18. The van der Waals surface area contributed by atoms with E-state index in [1.165, 1.54) is 0 Å². The molecule has 2 N–H and O–H groups in total. The fourth-order valence-corrected chi connectivity index (χ4v) is 3.06. The minimum atomic E-state index is -0.850. The highest BCUT2D eigenvalue weighted by molar-refractivity contribution is 5.96. The van der Waals surface area contributed by atoms with Gasteiger partial charge in [-0.1, -0.05) is 42.5 Å². The number of pyridine rings is 1. The Labute approximate surface area is 194 Å². The molecule has 33 heavy (non-hydrogen) atoms. The Hall–Kier alpha value is -3.87. The monoisotopic (exact) mass is 447 g/mol. The molecule has 0 spiro atoms. The van der Waals surface area contributed by atoms with E-state index in [9.17, 15) is 9.59 Å². The number of anilines is 1. The lowest BCUT2D eigenvalue weighted by molar-refractivity contribution is -0.118. The average Bonchev–Trinajstić information content (AvgIpc) is 2.78. The van der Waals surface area contributed by atoms with Gasteiger partial charge in [0.1, 0.15) is 24.0 Å². The number of hydrogen-bond donors (Lipinski definition) is 2. The Kier molecular flexibility index (Phi) is 8.02. The lowest BCUT2D eigenvalue weighted by Gasteiger charge is -2.23. The van der Waals surface area contributed by atoms with Crippen LogP contribution in [0.2, 0.25) is 0 Å². The molecule has 1 heterocycles. The molecule has 0 bridgehead atoms. The zero-order valence-corrected chi connectivity index (χ0v) is 19.1. The second-order valence-corrected chi connectivity index (χ2v) is 8.55. The third kappa shape index (κ3) is 8.29. The standard InChI is InChI=1S/C26H29N3O4/c1-26(2,3)33-25(31)29-23(24(30)28-21-12-14-27-15-13-21)17-20-10-7-11-22(16-20)32-18-19-8-5-4-6-9-19/h4-16,23H,17-18H2,1-3H3,(H,29,31)(H,27,28,30). The number of aromatic nitrogens is 1. The molecule has 0 aliphatic rings. The molecule has 7 heteroatoms. The first-order valence-corrected chi connectivity index (χ1v) is 10.7. The van der Waals surface area contributed by atoms with Gasteiger partial charge in [-0.15, -0.1) is 0 Å². The maximum Gasteiger partial charge on any atom is 0.408 e. The normalized spacial score (nSPS) is 11.8. The van der Waals surface area contributed by atoms with Crippen molar-refractivity contribution in [2.24, 2.45) is 0 Å². The Morgan fingerprint density at radius 1 is 0.939 bits per heavy atom. The molecule has 3 rings (SSSR count). The second kappa shape index (κ2) is 11.1. The second-order valence-electron chi connectivity index (χ2n) is 8.55. The molecule has 0 aliphatic heterocycles. The van der Waals surface area contributed by atoms with Crippen LogP contribution in [-0.2, 0) is 22.6 Å². The summed E-state index contributed by atoms with van der Waals surface area (Å²) >= 11 is 0. The van der Waals surface area contributed by atoms with Crippen molar-refractivity contribution in [3.05, 3.63) is 90.3 Å². The number of benzene rings is 2. The fraction of sp³-hybridized carbons (Fsp3) is 0.269. The molecule has 0 aliphatic carbocycles. The maximum absolute atomic E-state index is 13.0. The van der Waals surface area contributed by atoms with Crippen LogP contribution in [0.5, 0.6) is 5.75 Å². The number of hydrogen-bond acceptors (Lipinski definition) is 5. The molecule has 3 aromatic rings. The van der Waals surface area contributed by atoms with Crippen LogP contribution < -0.4 is 15.4 Å². The Bertz CT molecular complexity index is 1050. The van der Waals surface area contributed by atoms with Crippen LogP contribution in [0.3, 0.4) is 0 Å². The molecule has 172 valence electrons. The Morgan fingerprint density at radius 2 is 1.64 bits per heavy atom. The van der Waals surface area contributed by atoms with Crippen LogP contribution in [0.15, 0.2) is 79.1 Å². The number of rotatable bonds is 8. The van der Waals surface area contributed by atoms with Crippen molar-refractivity contribution in [2.75, 3.05) is 5.32 Å². The first-order chi connectivity index (χ1) is 15.8.